The van der Waals surface area contributed by atoms with Crippen LogP contribution in [0.4, 0.5) is 13.6 Å². The second-order valence-corrected chi connectivity index (χ2v) is 5.80. The second kappa shape index (κ2) is 6.95. The Morgan fingerprint density at radius 2 is 1.88 bits per heavy atom. The third-order valence-corrected chi connectivity index (χ3v) is 4.18. The smallest absolute Gasteiger partial charge is 0.405 e. The summed E-state index contributed by atoms with van der Waals surface area (Å²) in [6, 6.07) is 11.5. The monoisotopic (exact) mass is 359 g/mol. The van der Waals surface area contributed by atoms with Crippen molar-refractivity contribution in [3.63, 3.8) is 0 Å². The Balaban J connectivity index is 1.94. The van der Waals surface area contributed by atoms with Gasteiger partial charge in [-0.25, -0.2) is 4.79 Å². The van der Waals surface area contributed by atoms with Crippen LogP contribution in [0.2, 0.25) is 0 Å². The number of hydrogen-bond acceptors (Lipinski definition) is 3. The number of hydrogen-bond donors (Lipinski definition) is 2. The summed E-state index contributed by atoms with van der Waals surface area (Å²) in [5.74, 6) is 0.0651. The van der Waals surface area contributed by atoms with Gasteiger partial charge in [-0.05, 0) is 40.8 Å². The molecule has 0 spiro atoms. The van der Waals surface area contributed by atoms with Crippen LogP contribution >= 0.6 is 0 Å². The van der Waals surface area contributed by atoms with Crippen LogP contribution in [-0.4, -0.2) is 24.1 Å². The predicted octanol–water partition coefficient (Wildman–Crippen LogP) is 3.73. The van der Waals surface area contributed by atoms with E-state index in [9.17, 15) is 18.4 Å². The Bertz CT molecular complexity index is 864. The molecule has 2 aromatic rings. The summed E-state index contributed by atoms with van der Waals surface area (Å²) >= 11 is 0. The van der Waals surface area contributed by atoms with E-state index in [-0.39, 0.29) is 5.75 Å². The molecule has 0 unspecified atom stereocenters. The van der Waals surface area contributed by atoms with Crippen molar-refractivity contribution in [3.05, 3.63) is 65.7 Å². The molecule has 1 aliphatic carbocycles. The zero-order valence-corrected chi connectivity index (χ0v) is 13.5. The lowest BCUT2D eigenvalue weighted by molar-refractivity contribution is -0.112. The third kappa shape index (κ3) is 3.42. The summed E-state index contributed by atoms with van der Waals surface area (Å²) in [6.45, 7) is -2.88. The maximum absolute atomic E-state index is 12.2. The molecule has 26 heavy (non-hydrogen) atoms. The highest BCUT2D eigenvalue weighted by Crippen LogP contribution is 2.33. The van der Waals surface area contributed by atoms with Crippen LogP contribution in [0.25, 0.3) is 11.1 Å². The van der Waals surface area contributed by atoms with Gasteiger partial charge in [0.05, 0.1) is 0 Å². The number of benzene rings is 2. The molecular formula is C19H15F2NO4. The molecule has 7 heteroatoms. The summed E-state index contributed by atoms with van der Waals surface area (Å²) in [5, 5.41) is 11.3. The van der Waals surface area contributed by atoms with E-state index in [0.717, 1.165) is 16.7 Å². The van der Waals surface area contributed by atoms with Crippen LogP contribution in [0, 0.1) is 0 Å². The molecule has 0 saturated carbocycles. The van der Waals surface area contributed by atoms with Crippen molar-refractivity contribution in [2.75, 3.05) is 0 Å². The fourth-order valence-electron chi connectivity index (χ4n) is 3.05. The van der Waals surface area contributed by atoms with Gasteiger partial charge in [0, 0.05) is 0 Å². The average molecular weight is 359 g/mol. The van der Waals surface area contributed by atoms with Gasteiger partial charge in [0.2, 0.25) is 0 Å². The Labute approximate surface area is 147 Å². The van der Waals surface area contributed by atoms with Gasteiger partial charge >= 0.3 is 12.7 Å². The number of alkyl halides is 2. The number of aldehydes is 1. The highest BCUT2D eigenvalue weighted by Gasteiger charge is 2.35. The van der Waals surface area contributed by atoms with Crippen LogP contribution in [0.1, 0.15) is 11.1 Å². The first kappa shape index (κ1) is 17.6. The largest absolute Gasteiger partial charge is 0.465 e. The van der Waals surface area contributed by atoms with Crippen molar-refractivity contribution in [1.29, 1.82) is 0 Å². The average Bonchev–Trinajstić information content (AvgIpc) is 2.61. The van der Waals surface area contributed by atoms with Crippen molar-refractivity contribution >= 4 is 12.4 Å². The first-order valence-electron chi connectivity index (χ1n) is 7.77. The van der Waals surface area contributed by atoms with Gasteiger partial charge in [-0.2, -0.15) is 8.78 Å². The summed E-state index contributed by atoms with van der Waals surface area (Å²) in [5.41, 5.74) is 1.56. The fourth-order valence-corrected chi connectivity index (χ4v) is 3.05. The zero-order valence-electron chi connectivity index (χ0n) is 13.5. The molecule has 2 N–H and O–H groups in total. The maximum atomic E-state index is 12.2. The SMILES string of the molecule is O=C[C@]1(NC(=O)O)C=CCc2cc(-c3ccc(OC(F)F)cc3)ccc21. The lowest BCUT2D eigenvalue weighted by Crippen LogP contribution is -2.46. The van der Waals surface area contributed by atoms with Gasteiger partial charge in [-0.3, -0.25) is 4.79 Å². The van der Waals surface area contributed by atoms with Gasteiger partial charge < -0.3 is 15.2 Å². The lowest BCUT2D eigenvalue weighted by atomic mass is 9.81. The Hall–Kier alpha value is -3.22. The molecule has 134 valence electrons. The molecule has 0 bridgehead atoms. The van der Waals surface area contributed by atoms with E-state index in [1.807, 2.05) is 6.07 Å². The summed E-state index contributed by atoms with van der Waals surface area (Å²) in [4.78, 5) is 22.7. The first-order valence-corrected chi connectivity index (χ1v) is 7.77. The topological polar surface area (TPSA) is 75.6 Å². The van der Waals surface area contributed by atoms with E-state index >= 15 is 0 Å². The number of rotatable bonds is 5. The standard InChI is InChI=1S/C19H15F2NO4/c20-17(21)26-15-6-3-12(4-7-15)13-5-8-16-14(10-13)2-1-9-19(16,11-23)22-18(24)25/h1,3-11,17,22H,2H2,(H,24,25)/t19-/m1/s1. The number of carboxylic acid groups (broad SMARTS) is 1. The van der Waals surface area contributed by atoms with Crippen LogP contribution < -0.4 is 10.1 Å². The lowest BCUT2D eigenvalue weighted by Gasteiger charge is -2.30. The van der Waals surface area contributed by atoms with E-state index in [1.54, 1.807) is 30.3 Å². The van der Waals surface area contributed by atoms with Crippen LogP contribution in [0.3, 0.4) is 0 Å². The van der Waals surface area contributed by atoms with Gasteiger partial charge in [0.15, 0.2) is 6.29 Å². The van der Waals surface area contributed by atoms with Gasteiger partial charge in [0.1, 0.15) is 11.3 Å². The highest BCUT2D eigenvalue weighted by atomic mass is 19.3. The molecule has 1 atom stereocenters. The number of fused-ring (bicyclic) bond motifs is 1. The first-order chi connectivity index (χ1) is 12.4. The van der Waals surface area contributed by atoms with Crippen LogP contribution in [-0.2, 0) is 16.8 Å². The molecule has 1 aliphatic rings. The normalized spacial score (nSPS) is 18.3. The Kier molecular flexibility index (Phi) is 4.71. The molecule has 0 aliphatic heterocycles. The number of carbonyl (C=O) groups excluding carboxylic acids is 1. The quantitative estimate of drug-likeness (QED) is 0.630. The summed E-state index contributed by atoms with van der Waals surface area (Å²) in [7, 11) is 0. The van der Waals surface area contributed by atoms with Crippen LogP contribution in [0.15, 0.2) is 54.6 Å². The number of ether oxygens (including phenoxy) is 1. The van der Waals surface area contributed by atoms with Crippen molar-refractivity contribution in [2.24, 2.45) is 0 Å². The molecule has 5 nitrogen and oxygen atoms in total. The van der Waals surface area contributed by atoms with E-state index in [1.165, 1.54) is 18.2 Å². The fraction of sp³-hybridized carbons (Fsp3) is 0.158. The van der Waals surface area contributed by atoms with Gasteiger partial charge in [0.25, 0.3) is 0 Å². The third-order valence-electron chi connectivity index (χ3n) is 4.18. The molecule has 0 saturated heterocycles. The molecule has 2 aromatic carbocycles. The van der Waals surface area contributed by atoms with Crippen molar-refractivity contribution < 1.29 is 28.2 Å². The van der Waals surface area contributed by atoms with E-state index in [0.29, 0.717) is 18.3 Å². The highest BCUT2D eigenvalue weighted by molar-refractivity contribution is 5.81. The summed E-state index contributed by atoms with van der Waals surface area (Å²) < 4.78 is 28.8. The second-order valence-electron chi connectivity index (χ2n) is 5.80. The number of allylic oxidation sites excluding steroid dienone is 1. The molecule has 0 aromatic heterocycles. The number of carbonyl (C=O) groups is 2. The Morgan fingerprint density at radius 1 is 1.19 bits per heavy atom. The van der Waals surface area contributed by atoms with E-state index in [2.05, 4.69) is 10.1 Å². The molecular weight excluding hydrogens is 344 g/mol. The number of nitrogens with one attached hydrogen (secondary N) is 1. The maximum Gasteiger partial charge on any atom is 0.405 e. The number of halogens is 2. The minimum Gasteiger partial charge on any atom is -0.465 e. The van der Waals surface area contributed by atoms with Crippen molar-refractivity contribution in [3.8, 4) is 16.9 Å². The molecule has 3 rings (SSSR count). The Morgan fingerprint density at radius 3 is 2.50 bits per heavy atom. The summed E-state index contributed by atoms with van der Waals surface area (Å²) in [6.07, 6.45) is 3.08. The van der Waals surface area contributed by atoms with Crippen molar-refractivity contribution in [1.82, 2.24) is 5.32 Å². The molecule has 0 fully saturated rings. The molecule has 0 radical (unpaired) electrons. The van der Waals surface area contributed by atoms with Crippen LogP contribution in [0.5, 0.6) is 5.75 Å². The number of amides is 1. The minimum atomic E-state index is -2.88. The van der Waals surface area contributed by atoms with Gasteiger partial charge in [-0.15, -0.1) is 0 Å². The van der Waals surface area contributed by atoms with E-state index in [4.69, 9.17) is 5.11 Å². The molecule has 0 heterocycles. The molecule has 1 amide bonds. The minimum absolute atomic E-state index is 0.0651. The predicted molar refractivity (Wildman–Crippen MR) is 90.3 cm³/mol. The van der Waals surface area contributed by atoms with E-state index < -0.39 is 18.2 Å². The van der Waals surface area contributed by atoms with Crippen molar-refractivity contribution in [2.45, 2.75) is 18.6 Å². The van der Waals surface area contributed by atoms with Gasteiger partial charge in [-0.1, -0.05) is 42.5 Å². The zero-order chi connectivity index (χ0) is 18.7.